The second kappa shape index (κ2) is 14.3. The molecule has 0 heterocycles. The maximum Gasteiger partial charge on any atom is 0.408 e. The van der Waals surface area contributed by atoms with E-state index in [2.05, 4.69) is 10.6 Å². The monoisotopic (exact) mass is 609 g/mol. The fourth-order valence-corrected chi connectivity index (χ4v) is 4.72. The molecule has 0 aliphatic heterocycles. The highest BCUT2D eigenvalue weighted by Crippen LogP contribution is 2.32. The van der Waals surface area contributed by atoms with Crippen molar-refractivity contribution >= 4 is 23.9 Å². The molecule has 0 saturated heterocycles. The first-order chi connectivity index (χ1) is 20.1. The Labute approximate surface area is 263 Å². The Morgan fingerprint density at radius 3 is 1.89 bits per heavy atom. The molecule has 44 heavy (non-hydrogen) atoms. The number of alkyl carbamates (subject to hydrolysis) is 1. The lowest BCUT2D eigenvalue weighted by molar-refractivity contribution is -0.159. The third-order valence-corrected chi connectivity index (χ3v) is 6.59. The van der Waals surface area contributed by atoms with Crippen molar-refractivity contribution in [3.8, 4) is 0 Å². The van der Waals surface area contributed by atoms with Crippen molar-refractivity contribution in [1.29, 1.82) is 0 Å². The topological polar surface area (TPSA) is 114 Å². The highest BCUT2D eigenvalue weighted by molar-refractivity contribution is 5.94. The van der Waals surface area contributed by atoms with E-state index in [1.54, 1.807) is 48.5 Å². The fraction of sp³-hybridized carbons (Fsp3) is 0.543. The van der Waals surface area contributed by atoms with Crippen molar-refractivity contribution < 1.29 is 28.7 Å². The molecule has 3 unspecified atom stereocenters. The van der Waals surface area contributed by atoms with Crippen LogP contribution in [0, 0.1) is 13.8 Å². The summed E-state index contributed by atoms with van der Waals surface area (Å²) in [6, 6.07) is 11.9. The van der Waals surface area contributed by atoms with Crippen LogP contribution in [0.25, 0.3) is 0 Å². The van der Waals surface area contributed by atoms with Crippen molar-refractivity contribution in [2.75, 3.05) is 0 Å². The molecule has 2 aromatic rings. The summed E-state index contributed by atoms with van der Waals surface area (Å²) in [5.41, 5.74) is 0.732. The molecule has 0 fully saturated rings. The lowest BCUT2D eigenvalue weighted by Crippen LogP contribution is -2.59. The van der Waals surface area contributed by atoms with Gasteiger partial charge in [-0.2, -0.15) is 0 Å². The third-order valence-electron chi connectivity index (χ3n) is 6.59. The molecule has 2 aromatic carbocycles. The number of ether oxygens (including phenoxy) is 2. The maximum atomic E-state index is 14.5. The van der Waals surface area contributed by atoms with Crippen molar-refractivity contribution in [2.24, 2.45) is 0 Å². The summed E-state index contributed by atoms with van der Waals surface area (Å²) in [6.07, 6.45) is -0.547. The summed E-state index contributed by atoms with van der Waals surface area (Å²) in [5, 5.41) is 5.55. The minimum Gasteiger partial charge on any atom is -0.458 e. The van der Waals surface area contributed by atoms with Gasteiger partial charge in [0.05, 0.1) is 0 Å². The van der Waals surface area contributed by atoms with Gasteiger partial charge in [-0.15, -0.1) is 0 Å². The van der Waals surface area contributed by atoms with E-state index in [1.807, 2.05) is 83.1 Å². The van der Waals surface area contributed by atoms with Crippen molar-refractivity contribution in [2.45, 2.75) is 124 Å². The van der Waals surface area contributed by atoms with Crippen LogP contribution in [0.3, 0.4) is 0 Å². The van der Waals surface area contributed by atoms with E-state index in [1.165, 1.54) is 4.90 Å². The van der Waals surface area contributed by atoms with Crippen LogP contribution in [-0.4, -0.2) is 57.6 Å². The van der Waals surface area contributed by atoms with E-state index >= 15 is 0 Å². The van der Waals surface area contributed by atoms with Crippen molar-refractivity contribution in [1.82, 2.24) is 15.5 Å². The molecular formula is C35H51N3O6. The Morgan fingerprint density at radius 1 is 0.795 bits per heavy atom. The number of carbonyl (C=O) groups is 4. The van der Waals surface area contributed by atoms with Gasteiger partial charge in [0.15, 0.2) is 0 Å². The van der Waals surface area contributed by atoms with Crippen LogP contribution in [-0.2, 0) is 30.3 Å². The summed E-state index contributed by atoms with van der Waals surface area (Å²) >= 11 is 0. The van der Waals surface area contributed by atoms with Crippen LogP contribution in [0.15, 0.2) is 48.5 Å². The molecule has 3 atom stereocenters. The molecule has 2 N–H and O–H groups in total. The number of benzene rings is 2. The summed E-state index contributed by atoms with van der Waals surface area (Å²) in [7, 11) is 0. The predicted molar refractivity (Wildman–Crippen MR) is 172 cm³/mol. The summed E-state index contributed by atoms with van der Waals surface area (Å²) < 4.78 is 11.1. The summed E-state index contributed by atoms with van der Waals surface area (Å²) in [6.45, 7) is 21.3. The van der Waals surface area contributed by atoms with Crippen LogP contribution in [0.5, 0.6) is 0 Å². The fourth-order valence-electron chi connectivity index (χ4n) is 4.72. The van der Waals surface area contributed by atoms with Gasteiger partial charge in [0, 0.05) is 12.0 Å². The third kappa shape index (κ3) is 11.0. The number of aryl methyl sites for hydroxylation is 2. The predicted octanol–water partition coefficient (Wildman–Crippen LogP) is 5.95. The van der Waals surface area contributed by atoms with Gasteiger partial charge in [0.1, 0.15) is 29.3 Å². The van der Waals surface area contributed by atoms with Gasteiger partial charge in [0.2, 0.25) is 11.8 Å². The number of hydrogen-bond acceptors (Lipinski definition) is 6. The molecule has 0 aliphatic rings. The Balaban J connectivity index is 2.62. The average molecular weight is 610 g/mol. The van der Waals surface area contributed by atoms with Gasteiger partial charge >= 0.3 is 12.1 Å². The van der Waals surface area contributed by atoms with Gasteiger partial charge in [-0.1, -0.05) is 54.1 Å². The molecule has 3 amide bonds. The van der Waals surface area contributed by atoms with Crippen LogP contribution < -0.4 is 10.6 Å². The minimum absolute atomic E-state index is 0.196. The van der Waals surface area contributed by atoms with E-state index < -0.39 is 58.7 Å². The second-order valence-corrected chi connectivity index (χ2v) is 14.3. The lowest BCUT2D eigenvalue weighted by Gasteiger charge is -2.43. The number of nitrogens with one attached hydrogen (secondary N) is 2. The smallest absolute Gasteiger partial charge is 0.408 e. The normalized spacial score (nSPS) is 14.1. The molecule has 9 heteroatoms. The molecule has 9 nitrogen and oxygen atoms in total. The molecule has 0 saturated carbocycles. The molecular weight excluding hydrogens is 558 g/mol. The summed E-state index contributed by atoms with van der Waals surface area (Å²) in [5.74, 6) is -1.61. The first kappa shape index (κ1) is 36.3. The quantitative estimate of drug-likeness (QED) is 0.340. The van der Waals surface area contributed by atoms with E-state index in [4.69, 9.17) is 9.47 Å². The Bertz CT molecular complexity index is 1320. The Morgan fingerprint density at radius 2 is 1.36 bits per heavy atom. The van der Waals surface area contributed by atoms with Crippen LogP contribution >= 0.6 is 0 Å². The zero-order valence-corrected chi connectivity index (χ0v) is 28.5. The number of hydrogen-bond donors (Lipinski definition) is 2. The summed E-state index contributed by atoms with van der Waals surface area (Å²) in [4.78, 5) is 56.2. The van der Waals surface area contributed by atoms with Gasteiger partial charge < -0.3 is 25.0 Å². The molecule has 0 aromatic heterocycles. The van der Waals surface area contributed by atoms with Crippen LogP contribution in [0.4, 0.5) is 4.79 Å². The van der Waals surface area contributed by atoms with E-state index in [0.29, 0.717) is 5.56 Å². The van der Waals surface area contributed by atoms with Crippen molar-refractivity contribution in [3.05, 3.63) is 70.8 Å². The first-order valence-electron chi connectivity index (χ1n) is 15.1. The van der Waals surface area contributed by atoms with Crippen LogP contribution in [0.1, 0.15) is 97.5 Å². The van der Waals surface area contributed by atoms with Gasteiger partial charge in [-0.05, 0) is 99.8 Å². The zero-order chi connectivity index (χ0) is 33.6. The number of rotatable bonds is 9. The number of nitrogens with zero attached hydrogens (tertiary/aromatic N) is 1. The lowest BCUT2D eigenvalue weighted by atomic mass is 9.91. The minimum atomic E-state index is -1.13. The van der Waals surface area contributed by atoms with Gasteiger partial charge in [-0.3, -0.25) is 9.59 Å². The van der Waals surface area contributed by atoms with Crippen LogP contribution in [0.2, 0.25) is 0 Å². The van der Waals surface area contributed by atoms with E-state index in [-0.39, 0.29) is 6.42 Å². The van der Waals surface area contributed by atoms with E-state index in [9.17, 15) is 19.2 Å². The Hall–Kier alpha value is -3.88. The van der Waals surface area contributed by atoms with Crippen molar-refractivity contribution in [3.63, 3.8) is 0 Å². The van der Waals surface area contributed by atoms with E-state index in [0.717, 1.165) is 16.7 Å². The molecule has 0 aliphatic carbocycles. The average Bonchev–Trinajstić information content (AvgIpc) is 2.85. The van der Waals surface area contributed by atoms with Gasteiger partial charge in [0.25, 0.3) is 0 Å². The molecule has 0 spiro atoms. The Kier molecular flexibility index (Phi) is 11.8. The molecule has 242 valence electrons. The standard InChI is InChI=1S/C35H51N3O6/c1-22-18-19-23(2)26(20-22)28(38(33(4,5)6)30(40)24(3)36-32(42)44-35(10,11)12)29(39)37-27(31(41)43-34(7,8)9)21-25-16-14-13-15-17-25/h13-20,24,27-28H,21H2,1-12H3,(H,36,42)(H,37,39). The first-order valence-corrected chi connectivity index (χ1v) is 15.1. The van der Waals surface area contributed by atoms with Gasteiger partial charge in [-0.25, -0.2) is 9.59 Å². The maximum absolute atomic E-state index is 14.5. The molecule has 0 bridgehead atoms. The molecule has 2 rings (SSSR count). The number of carbonyl (C=O) groups excluding carboxylic acids is 4. The SMILES string of the molecule is Cc1ccc(C)c(C(C(=O)NC(Cc2ccccc2)C(=O)OC(C)(C)C)N(C(=O)C(C)NC(=O)OC(C)(C)C)C(C)(C)C)c1. The highest BCUT2D eigenvalue weighted by atomic mass is 16.6. The number of esters is 1. The molecule has 0 radical (unpaired) electrons. The largest absolute Gasteiger partial charge is 0.458 e. The highest BCUT2D eigenvalue weighted by Gasteiger charge is 2.42. The zero-order valence-electron chi connectivity index (χ0n) is 28.5. The second-order valence-electron chi connectivity index (χ2n) is 14.3. The number of amides is 3.